The molecule has 0 spiro atoms. The van der Waals surface area contributed by atoms with E-state index < -0.39 is 0 Å². The lowest BCUT2D eigenvalue weighted by Crippen LogP contribution is -2.27. The van der Waals surface area contributed by atoms with Gasteiger partial charge in [-0.25, -0.2) is 0 Å². The van der Waals surface area contributed by atoms with Crippen molar-refractivity contribution in [3.05, 3.63) is 29.8 Å². The van der Waals surface area contributed by atoms with E-state index in [9.17, 15) is 0 Å². The monoisotopic (exact) mass is 290 g/mol. The number of hydrogen-bond acceptors (Lipinski definition) is 3. The minimum Gasteiger partial charge on any atom is -0.494 e. The highest BCUT2D eigenvalue weighted by Crippen LogP contribution is 2.36. The summed E-state index contributed by atoms with van der Waals surface area (Å²) in [6.45, 7) is 9.70. The number of nitrogens with two attached hydrogens (primary N) is 1. The predicted molar refractivity (Wildman–Crippen MR) is 88.5 cm³/mol. The second-order valence-corrected chi connectivity index (χ2v) is 6.29. The molecule has 2 N–H and O–H groups in total. The molecule has 0 saturated carbocycles. The van der Waals surface area contributed by atoms with Crippen molar-refractivity contribution in [2.45, 2.75) is 46.1 Å². The van der Waals surface area contributed by atoms with Gasteiger partial charge in [0.2, 0.25) is 0 Å². The molecule has 2 rings (SSSR count). The van der Waals surface area contributed by atoms with Crippen molar-refractivity contribution >= 4 is 0 Å². The lowest BCUT2D eigenvalue weighted by atomic mass is 9.82. The highest BCUT2D eigenvalue weighted by Gasteiger charge is 2.34. The van der Waals surface area contributed by atoms with Crippen molar-refractivity contribution in [3.63, 3.8) is 0 Å². The van der Waals surface area contributed by atoms with Crippen molar-refractivity contribution < 1.29 is 4.74 Å². The highest BCUT2D eigenvalue weighted by atomic mass is 16.5. The molecule has 0 atom stereocenters. The molecule has 3 nitrogen and oxygen atoms in total. The molecule has 1 aliphatic heterocycles. The molecule has 0 unspecified atom stereocenters. The molecule has 0 aliphatic carbocycles. The first-order chi connectivity index (χ1) is 10.2. The van der Waals surface area contributed by atoms with Crippen LogP contribution in [-0.4, -0.2) is 31.1 Å². The largest absolute Gasteiger partial charge is 0.494 e. The van der Waals surface area contributed by atoms with E-state index in [1.165, 1.54) is 32.4 Å². The summed E-state index contributed by atoms with van der Waals surface area (Å²) in [7, 11) is 0. The Bertz CT molecular complexity index is 429. The van der Waals surface area contributed by atoms with Gasteiger partial charge in [0.1, 0.15) is 5.75 Å². The number of benzene rings is 1. The SMILES string of the molecule is CCC1(CC)CCN(CCCOc2cccc(CN)c2)C1. The topological polar surface area (TPSA) is 38.5 Å². The zero-order chi connectivity index (χ0) is 15.1. The zero-order valence-electron chi connectivity index (χ0n) is 13.6. The van der Waals surface area contributed by atoms with Crippen LogP contribution in [0.15, 0.2) is 24.3 Å². The van der Waals surface area contributed by atoms with E-state index in [1.807, 2.05) is 24.3 Å². The molecular formula is C18H30N2O. The van der Waals surface area contributed by atoms with Crippen LogP contribution >= 0.6 is 0 Å². The van der Waals surface area contributed by atoms with E-state index in [-0.39, 0.29) is 0 Å². The molecule has 1 aliphatic rings. The van der Waals surface area contributed by atoms with Crippen LogP contribution in [-0.2, 0) is 6.54 Å². The van der Waals surface area contributed by atoms with Crippen LogP contribution < -0.4 is 10.5 Å². The van der Waals surface area contributed by atoms with Gasteiger partial charge in [0.25, 0.3) is 0 Å². The number of nitrogens with zero attached hydrogens (tertiary/aromatic N) is 1. The molecule has 0 bridgehead atoms. The molecule has 1 aromatic carbocycles. The summed E-state index contributed by atoms with van der Waals surface area (Å²) in [6.07, 6.45) is 5.07. The van der Waals surface area contributed by atoms with E-state index in [4.69, 9.17) is 10.5 Å². The Labute approximate surface area is 129 Å². The van der Waals surface area contributed by atoms with Gasteiger partial charge in [-0.05, 0) is 55.3 Å². The van der Waals surface area contributed by atoms with Gasteiger partial charge in [-0.3, -0.25) is 0 Å². The molecule has 118 valence electrons. The van der Waals surface area contributed by atoms with Gasteiger partial charge in [-0.2, -0.15) is 0 Å². The van der Waals surface area contributed by atoms with E-state index in [1.54, 1.807) is 0 Å². The van der Waals surface area contributed by atoms with E-state index in [0.29, 0.717) is 12.0 Å². The van der Waals surface area contributed by atoms with Gasteiger partial charge in [0, 0.05) is 19.6 Å². The maximum absolute atomic E-state index is 5.83. The molecule has 0 amide bonds. The summed E-state index contributed by atoms with van der Waals surface area (Å²) in [5.41, 5.74) is 7.35. The van der Waals surface area contributed by atoms with Crippen molar-refractivity contribution in [2.24, 2.45) is 11.1 Å². The van der Waals surface area contributed by atoms with Crippen LogP contribution in [0.3, 0.4) is 0 Å². The quantitative estimate of drug-likeness (QED) is 0.746. The first-order valence-electron chi connectivity index (χ1n) is 8.35. The van der Waals surface area contributed by atoms with E-state index in [2.05, 4.69) is 18.7 Å². The fourth-order valence-electron chi connectivity index (χ4n) is 3.29. The Morgan fingerprint density at radius 3 is 2.76 bits per heavy atom. The van der Waals surface area contributed by atoms with Crippen LogP contribution in [0.4, 0.5) is 0 Å². The molecule has 0 aromatic heterocycles. The third-order valence-corrected chi connectivity index (χ3v) is 5.04. The minimum atomic E-state index is 0.571. The summed E-state index contributed by atoms with van der Waals surface area (Å²) in [6, 6.07) is 8.09. The molecule has 0 radical (unpaired) electrons. The third kappa shape index (κ3) is 4.45. The number of likely N-dealkylation sites (tertiary alicyclic amines) is 1. The second kappa shape index (κ2) is 7.81. The highest BCUT2D eigenvalue weighted by molar-refractivity contribution is 5.28. The first-order valence-corrected chi connectivity index (χ1v) is 8.35. The molecule has 3 heteroatoms. The molecule has 1 aromatic rings. The molecule has 1 heterocycles. The summed E-state index contributed by atoms with van der Waals surface area (Å²) < 4.78 is 5.83. The molecule has 1 saturated heterocycles. The Morgan fingerprint density at radius 1 is 1.29 bits per heavy atom. The standard InChI is InChI=1S/C18H30N2O/c1-3-18(4-2)9-11-20(15-18)10-6-12-21-17-8-5-7-16(13-17)14-19/h5,7-8,13H,3-4,6,9-12,14-15,19H2,1-2H3. The Hall–Kier alpha value is -1.06. The van der Waals surface area contributed by atoms with Crippen LogP contribution in [0.5, 0.6) is 5.75 Å². The first kappa shape index (κ1) is 16.3. The average Bonchev–Trinajstić information content (AvgIpc) is 2.96. The van der Waals surface area contributed by atoms with Crippen LogP contribution in [0.2, 0.25) is 0 Å². The lowest BCUT2D eigenvalue weighted by Gasteiger charge is -2.26. The smallest absolute Gasteiger partial charge is 0.119 e. The normalized spacial score (nSPS) is 18.0. The van der Waals surface area contributed by atoms with Crippen LogP contribution in [0, 0.1) is 5.41 Å². The Balaban J connectivity index is 1.68. The Kier molecular flexibility index (Phi) is 6.07. The zero-order valence-corrected chi connectivity index (χ0v) is 13.6. The van der Waals surface area contributed by atoms with Crippen molar-refractivity contribution in [1.29, 1.82) is 0 Å². The van der Waals surface area contributed by atoms with Crippen molar-refractivity contribution in [2.75, 3.05) is 26.2 Å². The van der Waals surface area contributed by atoms with Crippen LogP contribution in [0.1, 0.15) is 45.1 Å². The van der Waals surface area contributed by atoms with E-state index in [0.717, 1.165) is 30.9 Å². The van der Waals surface area contributed by atoms with Crippen LogP contribution in [0.25, 0.3) is 0 Å². The third-order valence-electron chi connectivity index (χ3n) is 5.04. The van der Waals surface area contributed by atoms with Crippen molar-refractivity contribution in [3.8, 4) is 5.75 Å². The fourth-order valence-corrected chi connectivity index (χ4v) is 3.29. The summed E-state index contributed by atoms with van der Waals surface area (Å²) >= 11 is 0. The fraction of sp³-hybridized carbons (Fsp3) is 0.667. The maximum atomic E-state index is 5.83. The summed E-state index contributed by atoms with van der Waals surface area (Å²) in [5.74, 6) is 0.941. The Morgan fingerprint density at radius 2 is 2.10 bits per heavy atom. The van der Waals surface area contributed by atoms with Gasteiger partial charge >= 0.3 is 0 Å². The number of ether oxygens (including phenoxy) is 1. The minimum absolute atomic E-state index is 0.571. The van der Waals surface area contributed by atoms with Crippen molar-refractivity contribution in [1.82, 2.24) is 4.90 Å². The van der Waals surface area contributed by atoms with Gasteiger partial charge in [-0.1, -0.05) is 26.0 Å². The summed E-state index contributed by atoms with van der Waals surface area (Å²) in [4.78, 5) is 2.60. The molecular weight excluding hydrogens is 260 g/mol. The predicted octanol–water partition coefficient (Wildman–Crippen LogP) is 3.43. The molecule has 21 heavy (non-hydrogen) atoms. The van der Waals surface area contributed by atoms with Gasteiger partial charge in [-0.15, -0.1) is 0 Å². The van der Waals surface area contributed by atoms with Gasteiger partial charge in [0.05, 0.1) is 6.61 Å². The van der Waals surface area contributed by atoms with Gasteiger partial charge < -0.3 is 15.4 Å². The van der Waals surface area contributed by atoms with Gasteiger partial charge in [0.15, 0.2) is 0 Å². The molecule has 1 fully saturated rings. The maximum Gasteiger partial charge on any atom is 0.119 e. The number of hydrogen-bond donors (Lipinski definition) is 1. The summed E-state index contributed by atoms with van der Waals surface area (Å²) in [5, 5.41) is 0. The lowest BCUT2D eigenvalue weighted by molar-refractivity contribution is 0.222. The van der Waals surface area contributed by atoms with E-state index >= 15 is 0 Å². The number of rotatable bonds is 8. The second-order valence-electron chi connectivity index (χ2n) is 6.29. The average molecular weight is 290 g/mol.